The molecule has 3 atom stereocenters. The summed E-state index contributed by atoms with van der Waals surface area (Å²) in [6.45, 7) is 1.34. The first-order chi connectivity index (χ1) is 19.1. The highest BCUT2D eigenvalue weighted by molar-refractivity contribution is 9.10. The molecule has 2 amide bonds. The van der Waals surface area contributed by atoms with E-state index in [1.165, 1.54) is 11.6 Å². The summed E-state index contributed by atoms with van der Waals surface area (Å²) >= 11 is 3.34. The number of nitrogens with zero attached hydrogens (tertiary/aromatic N) is 5. The third kappa shape index (κ3) is 4.84. The molecule has 1 spiro atoms. The van der Waals surface area contributed by atoms with Gasteiger partial charge in [0.25, 0.3) is 0 Å². The van der Waals surface area contributed by atoms with Crippen molar-refractivity contribution >= 4 is 66.3 Å². The van der Waals surface area contributed by atoms with Crippen molar-refractivity contribution in [2.24, 2.45) is 5.41 Å². The quantitative estimate of drug-likeness (QED) is 0.330. The van der Waals surface area contributed by atoms with E-state index in [0.29, 0.717) is 39.7 Å². The largest absolute Gasteiger partial charge is 0.325 e. The number of halogens is 1. The Morgan fingerprint density at radius 1 is 1.23 bits per heavy atom. The van der Waals surface area contributed by atoms with Gasteiger partial charge in [0.2, 0.25) is 21.8 Å². The lowest BCUT2D eigenvalue weighted by Crippen LogP contribution is -2.47. The summed E-state index contributed by atoms with van der Waals surface area (Å²) in [7, 11) is -3.56. The van der Waals surface area contributed by atoms with Gasteiger partial charge >= 0.3 is 0 Å². The van der Waals surface area contributed by atoms with Gasteiger partial charge in [-0.1, -0.05) is 12.2 Å². The lowest BCUT2D eigenvalue weighted by atomic mass is 9.99. The number of Topliss-reactive ketones (excluding diaryl/α,β-unsaturated/α-hetero) is 1. The second kappa shape index (κ2) is 9.85. The molecule has 3 aliphatic rings. The van der Waals surface area contributed by atoms with Crippen molar-refractivity contribution in [1.82, 2.24) is 29.4 Å². The van der Waals surface area contributed by atoms with Crippen molar-refractivity contribution < 1.29 is 22.8 Å². The molecule has 2 bridgehead atoms. The predicted octanol–water partition coefficient (Wildman–Crippen LogP) is 2.13. The molecule has 1 saturated carbocycles. The van der Waals surface area contributed by atoms with Crippen molar-refractivity contribution in [1.29, 1.82) is 0 Å². The van der Waals surface area contributed by atoms with Crippen LogP contribution in [-0.2, 0) is 26.2 Å². The van der Waals surface area contributed by atoms with Crippen molar-refractivity contribution in [3.63, 3.8) is 0 Å². The number of likely N-dealkylation sites (tertiary alicyclic amines) is 1. The van der Waals surface area contributed by atoms with Crippen molar-refractivity contribution in [3.05, 3.63) is 52.5 Å². The zero-order chi connectivity index (χ0) is 28.2. The van der Waals surface area contributed by atoms with Gasteiger partial charge in [0.1, 0.15) is 28.7 Å². The standard InChI is InChI=1S/C26H26BrN7O5S/c1-15(35)23-17-7-8-28-12-19(17)33(32-23)13-22(36)34-18-10-26(11-20(26)34)14-29-40(38,39)9-3-2-4-16-5-6-21(27)30-24(16)31-25(18)37/h2,4-8,12,18,20,29H,3,9-11,13-14H2,1H3,(H,30,31,37)/b4-2+/t18-,20+,26-/m0/s1. The van der Waals surface area contributed by atoms with Gasteiger partial charge in [-0.15, -0.1) is 0 Å². The molecule has 6 rings (SSSR count). The van der Waals surface area contributed by atoms with E-state index in [2.05, 4.69) is 41.0 Å². The lowest BCUT2D eigenvalue weighted by molar-refractivity contribution is -0.138. The van der Waals surface area contributed by atoms with Gasteiger partial charge in [-0.3, -0.25) is 24.0 Å². The summed E-state index contributed by atoms with van der Waals surface area (Å²) in [4.78, 5) is 49.8. The number of amides is 2. The monoisotopic (exact) mass is 627 g/mol. The van der Waals surface area contributed by atoms with Crippen LogP contribution >= 0.6 is 15.9 Å². The minimum atomic E-state index is -3.56. The average molecular weight is 629 g/mol. The molecular formula is C26H26BrN7O5S. The Hall–Kier alpha value is -3.49. The minimum Gasteiger partial charge on any atom is -0.325 e. The number of rotatable bonds is 3. The number of ketones is 1. The topological polar surface area (TPSA) is 156 Å². The maximum atomic E-state index is 13.8. The van der Waals surface area contributed by atoms with E-state index in [1.807, 2.05) is 0 Å². The van der Waals surface area contributed by atoms with Gasteiger partial charge in [-0.25, -0.2) is 18.1 Å². The third-order valence-electron chi connectivity index (χ3n) is 7.81. The zero-order valence-corrected chi connectivity index (χ0v) is 23.9. The van der Waals surface area contributed by atoms with Crippen LogP contribution < -0.4 is 10.0 Å². The number of carbonyl (C=O) groups is 3. The third-order valence-corrected chi connectivity index (χ3v) is 9.61. The summed E-state index contributed by atoms with van der Waals surface area (Å²) in [5.41, 5.74) is 0.838. The van der Waals surface area contributed by atoms with Crippen LogP contribution in [0, 0.1) is 5.41 Å². The van der Waals surface area contributed by atoms with Crippen molar-refractivity contribution in [2.45, 2.75) is 44.8 Å². The summed E-state index contributed by atoms with van der Waals surface area (Å²) in [5.74, 6) is -0.774. The Bertz CT molecular complexity index is 1700. The number of hydrogen-bond donors (Lipinski definition) is 2. The number of nitrogens with one attached hydrogen (secondary N) is 2. The average Bonchev–Trinajstić information content (AvgIpc) is 3.33. The second-order valence-electron chi connectivity index (χ2n) is 10.5. The van der Waals surface area contributed by atoms with Crippen molar-refractivity contribution in [3.8, 4) is 0 Å². The summed E-state index contributed by atoms with van der Waals surface area (Å²) < 4.78 is 30.1. The summed E-state index contributed by atoms with van der Waals surface area (Å²) in [6.07, 6.45) is 7.71. The first-order valence-corrected chi connectivity index (χ1v) is 15.3. The van der Waals surface area contributed by atoms with Gasteiger partial charge < -0.3 is 10.2 Å². The van der Waals surface area contributed by atoms with Crippen LogP contribution in [0.4, 0.5) is 5.82 Å². The summed E-state index contributed by atoms with van der Waals surface area (Å²) in [5, 5.41) is 7.86. The molecule has 5 heterocycles. The van der Waals surface area contributed by atoms with E-state index in [4.69, 9.17) is 0 Å². The highest BCUT2D eigenvalue weighted by Crippen LogP contribution is 2.59. The molecule has 0 aromatic carbocycles. The molecule has 208 valence electrons. The van der Waals surface area contributed by atoms with E-state index < -0.39 is 27.4 Å². The zero-order valence-electron chi connectivity index (χ0n) is 21.5. The number of fused-ring (bicyclic) bond motifs is 3. The molecule has 1 saturated heterocycles. The van der Waals surface area contributed by atoms with Crippen molar-refractivity contribution in [2.75, 3.05) is 17.6 Å². The van der Waals surface area contributed by atoms with E-state index >= 15 is 0 Å². The number of anilines is 1. The number of piperidine rings is 1. The SMILES string of the molecule is CC(=O)c1nn(CC(=O)N2[C@H]3C[C@@]4(CNS(=O)(=O)CC/C=C/c5ccc(Br)nc5NC3=O)C[C@@H]24)c2cnccc12. The lowest BCUT2D eigenvalue weighted by Gasteiger charge is -2.27. The van der Waals surface area contributed by atoms with Crippen LogP contribution in [0.25, 0.3) is 17.0 Å². The van der Waals surface area contributed by atoms with Crippen LogP contribution in [0.1, 0.15) is 42.2 Å². The predicted molar refractivity (Wildman–Crippen MR) is 150 cm³/mol. The Balaban J connectivity index is 1.35. The fraction of sp³-hybridized carbons (Fsp3) is 0.385. The smallest absolute Gasteiger partial charge is 0.248 e. The van der Waals surface area contributed by atoms with E-state index in [0.717, 1.165) is 0 Å². The number of sulfonamides is 1. The van der Waals surface area contributed by atoms with Gasteiger partial charge in [0.05, 0.1) is 17.5 Å². The maximum absolute atomic E-state index is 13.8. The molecule has 1 aliphatic carbocycles. The molecular weight excluding hydrogens is 602 g/mol. The molecule has 0 unspecified atom stereocenters. The maximum Gasteiger partial charge on any atom is 0.248 e. The molecule has 40 heavy (non-hydrogen) atoms. The Kier molecular flexibility index (Phi) is 6.58. The number of hydrogen-bond acceptors (Lipinski definition) is 8. The number of pyridine rings is 2. The Morgan fingerprint density at radius 3 is 2.85 bits per heavy atom. The molecule has 3 aromatic heterocycles. The van der Waals surface area contributed by atoms with Crippen LogP contribution in [0.15, 0.2) is 41.3 Å². The first-order valence-electron chi connectivity index (χ1n) is 12.8. The highest BCUT2D eigenvalue weighted by Gasteiger charge is 2.67. The molecule has 12 nitrogen and oxygen atoms in total. The van der Waals surface area contributed by atoms with Gasteiger partial charge in [0, 0.05) is 42.1 Å². The number of allylic oxidation sites excluding steroid dienone is 1. The highest BCUT2D eigenvalue weighted by atomic mass is 79.9. The van der Waals surface area contributed by atoms with Crippen LogP contribution in [0.3, 0.4) is 0 Å². The van der Waals surface area contributed by atoms with Crippen LogP contribution in [0.5, 0.6) is 0 Å². The molecule has 3 aromatic rings. The fourth-order valence-electron chi connectivity index (χ4n) is 5.72. The number of carbonyl (C=O) groups excluding carboxylic acids is 3. The molecule has 0 radical (unpaired) electrons. The van der Waals surface area contributed by atoms with Gasteiger partial charge in [0.15, 0.2) is 5.78 Å². The van der Waals surface area contributed by atoms with Crippen LogP contribution in [-0.4, -0.2) is 75.0 Å². The molecule has 2 N–H and O–H groups in total. The Morgan fingerprint density at radius 2 is 2.05 bits per heavy atom. The molecule has 2 aliphatic heterocycles. The summed E-state index contributed by atoms with van der Waals surface area (Å²) in [6, 6.07) is 4.01. The Labute approximate surface area is 238 Å². The second-order valence-corrected chi connectivity index (χ2v) is 13.2. The molecule has 2 fully saturated rings. The van der Waals surface area contributed by atoms with Crippen LogP contribution in [0.2, 0.25) is 0 Å². The minimum absolute atomic E-state index is 0.0825. The van der Waals surface area contributed by atoms with E-state index in [1.54, 1.807) is 47.6 Å². The number of aromatic nitrogens is 4. The van der Waals surface area contributed by atoms with E-state index in [-0.39, 0.29) is 48.7 Å². The first kappa shape index (κ1) is 26.7. The molecule has 14 heteroatoms. The van der Waals surface area contributed by atoms with Gasteiger partial charge in [-0.2, -0.15) is 5.10 Å². The van der Waals surface area contributed by atoms with Gasteiger partial charge in [-0.05, 0) is 53.4 Å². The fourth-order valence-corrected chi connectivity index (χ4v) is 7.13. The van der Waals surface area contributed by atoms with E-state index in [9.17, 15) is 22.8 Å². The normalized spacial score (nSPS) is 26.4.